The van der Waals surface area contributed by atoms with Gasteiger partial charge in [0.15, 0.2) is 4.80 Å². The van der Waals surface area contributed by atoms with Crippen LogP contribution in [0.5, 0.6) is 5.75 Å². The number of ether oxygens (including phenoxy) is 2. The van der Waals surface area contributed by atoms with Gasteiger partial charge in [-0.1, -0.05) is 35.1 Å². The van der Waals surface area contributed by atoms with Crippen molar-refractivity contribution in [2.75, 3.05) is 13.7 Å². The summed E-state index contributed by atoms with van der Waals surface area (Å²) in [5.41, 5.74) is 5.19. The van der Waals surface area contributed by atoms with Crippen LogP contribution < -0.4 is 19.6 Å². The lowest BCUT2D eigenvalue weighted by Gasteiger charge is -2.25. The van der Waals surface area contributed by atoms with Gasteiger partial charge in [-0.15, -0.1) is 0 Å². The number of halogens is 2. The van der Waals surface area contributed by atoms with Gasteiger partial charge in [0, 0.05) is 22.1 Å². The summed E-state index contributed by atoms with van der Waals surface area (Å²) in [5.74, 6) is 0.143. The molecule has 0 bridgehead atoms. The van der Waals surface area contributed by atoms with E-state index in [-0.39, 0.29) is 12.2 Å². The Hall–Kier alpha value is -3.40. The number of allylic oxidation sites excluding steroid dienone is 1. The Morgan fingerprint density at radius 2 is 1.95 bits per heavy atom. The van der Waals surface area contributed by atoms with Crippen LogP contribution in [0.25, 0.3) is 11.8 Å². The summed E-state index contributed by atoms with van der Waals surface area (Å²) in [6.45, 7) is 7.76. The zero-order valence-corrected chi connectivity index (χ0v) is 25.8. The van der Waals surface area contributed by atoms with Crippen LogP contribution in [0.2, 0.25) is 5.02 Å². The maximum Gasteiger partial charge on any atom is 0.338 e. The summed E-state index contributed by atoms with van der Waals surface area (Å²) in [7, 11) is 1.58. The van der Waals surface area contributed by atoms with Gasteiger partial charge in [0.2, 0.25) is 0 Å². The zero-order chi connectivity index (χ0) is 28.7. The maximum absolute atomic E-state index is 14.0. The van der Waals surface area contributed by atoms with Gasteiger partial charge in [-0.25, -0.2) is 9.79 Å². The molecule has 0 N–H and O–H groups in total. The third-order valence-electron chi connectivity index (χ3n) is 6.83. The second-order valence-electron chi connectivity index (χ2n) is 9.34. The molecule has 10 heteroatoms. The quantitative estimate of drug-likeness (QED) is 0.256. The second-order valence-corrected chi connectivity index (χ2v) is 11.6. The molecule has 1 atom stereocenters. The Bertz CT molecular complexity index is 1870. The zero-order valence-electron chi connectivity index (χ0n) is 22.6. The van der Waals surface area contributed by atoms with Gasteiger partial charge in [0.25, 0.3) is 5.56 Å². The summed E-state index contributed by atoms with van der Waals surface area (Å²) >= 11 is 11.1. The molecule has 2 aromatic heterocycles. The number of thiazole rings is 1. The van der Waals surface area contributed by atoms with E-state index in [4.69, 9.17) is 21.1 Å². The third-order valence-corrected chi connectivity index (χ3v) is 8.67. The van der Waals surface area contributed by atoms with E-state index in [0.717, 1.165) is 28.2 Å². The first kappa shape index (κ1) is 28.1. The largest absolute Gasteiger partial charge is 0.496 e. The molecule has 0 amide bonds. The number of nitrogens with zero attached hydrogens (tertiary/aromatic N) is 3. The Morgan fingerprint density at radius 3 is 2.62 bits per heavy atom. The van der Waals surface area contributed by atoms with Crippen LogP contribution in [0.3, 0.4) is 0 Å². The van der Waals surface area contributed by atoms with Crippen molar-refractivity contribution < 1.29 is 14.3 Å². The van der Waals surface area contributed by atoms with E-state index in [1.807, 2.05) is 62.4 Å². The first-order chi connectivity index (χ1) is 19.1. The minimum atomic E-state index is -0.710. The Balaban J connectivity index is 1.70. The summed E-state index contributed by atoms with van der Waals surface area (Å²) in [6, 6.07) is 14.5. The van der Waals surface area contributed by atoms with Crippen LogP contribution in [0.1, 0.15) is 42.4 Å². The van der Waals surface area contributed by atoms with Gasteiger partial charge >= 0.3 is 5.97 Å². The van der Waals surface area contributed by atoms with Crippen molar-refractivity contribution in [3.63, 3.8) is 0 Å². The maximum atomic E-state index is 14.0. The average Bonchev–Trinajstić information content (AvgIpc) is 3.37. The number of methoxy groups -OCH3 is 1. The van der Waals surface area contributed by atoms with Crippen molar-refractivity contribution in [2.45, 2.75) is 33.7 Å². The van der Waals surface area contributed by atoms with Crippen LogP contribution in [-0.2, 0) is 9.53 Å². The number of fused-ring (bicyclic) bond motifs is 1. The minimum absolute atomic E-state index is 0.210. The molecular weight excluding hydrogens is 614 g/mol. The smallest absolute Gasteiger partial charge is 0.338 e. The van der Waals surface area contributed by atoms with Gasteiger partial charge in [-0.2, -0.15) is 0 Å². The molecule has 0 spiro atoms. The molecule has 0 radical (unpaired) electrons. The molecule has 0 saturated carbocycles. The van der Waals surface area contributed by atoms with Crippen LogP contribution in [0, 0.1) is 13.8 Å². The molecule has 1 aliphatic rings. The first-order valence-electron chi connectivity index (χ1n) is 12.6. The van der Waals surface area contributed by atoms with E-state index in [1.54, 1.807) is 31.6 Å². The van der Waals surface area contributed by atoms with Crippen molar-refractivity contribution in [1.29, 1.82) is 0 Å². The summed E-state index contributed by atoms with van der Waals surface area (Å²) in [4.78, 5) is 32.3. The fraction of sp³-hybridized carbons (Fsp3) is 0.233. The number of carbonyl (C=O) groups is 1. The van der Waals surface area contributed by atoms with E-state index in [9.17, 15) is 9.59 Å². The van der Waals surface area contributed by atoms with Gasteiger partial charge in [-0.05, 0) is 97.2 Å². The molecule has 40 heavy (non-hydrogen) atoms. The third kappa shape index (κ3) is 4.98. The number of carbonyl (C=O) groups excluding carboxylic acids is 1. The molecule has 0 unspecified atom stereocenters. The molecule has 3 heterocycles. The van der Waals surface area contributed by atoms with Gasteiger partial charge in [0.1, 0.15) is 5.75 Å². The SMILES string of the molecule is CCOC(=O)C1=C(C)N=c2s/c(=C/c3cc(C)n(-c4cccc(Cl)c4)c3C)c(=O)n2[C@H]1c1ccc(OC)c(Br)c1. The van der Waals surface area contributed by atoms with Crippen LogP contribution >= 0.6 is 38.9 Å². The van der Waals surface area contributed by atoms with Crippen LogP contribution in [-0.4, -0.2) is 28.8 Å². The molecule has 5 rings (SSSR count). The highest BCUT2D eigenvalue weighted by Gasteiger charge is 2.33. The minimum Gasteiger partial charge on any atom is -0.496 e. The predicted molar refractivity (Wildman–Crippen MR) is 161 cm³/mol. The topological polar surface area (TPSA) is 74.8 Å². The standard InChI is InChI=1S/C30H27BrClN3O4S/c1-6-39-29(37)26-17(3)33-30-35(27(26)19-10-11-24(38-5)23(31)13-19)28(36)25(40-30)14-20-12-16(2)34(18(20)4)22-9-7-8-21(32)15-22/h7-15,27H,6H2,1-5H3/b25-14+/t27-/m0/s1. The molecule has 1 aliphatic heterocycles. The molecule has 0 aliphatic carbocycles. The number of esters is 1. The van der Waals surface area contributed by atoms with E-state index in [2.05, 4.69) is 25.5 Å². The van der Waals surface area contributed by atoms with Crippen molar-refractivity contribution in [1.82, 2.24) is 9.13 Å². The van der Waals surface area contributed by atoms with Crippen molar-refractivity contribution >= 4 is 50.9 Å². The van der Waals surface area contributed by atoms with E-state index < -0.39 is 12.0 Å². The summed E-state index contributed by atoms with van der Waals surface area (Å²) in [6.07, 6.45) is 1.89. The van der Waals surface area contributed by atoms with E-state index in [1.165, 1.54) is 11.3 Å². The molecular formula is C30H27BrClN3O4S. The highest BCUT2D eigenvalue weighted by atomic mass is 79.9. The van der Waals surface area contributed by atoms with E-state index >= 15 is 0 Å². The second kappa shape index (κ2) is 11.2. The lowest BCUT2D eigenvalue weighted by molar-refractivity contribution is -0.139. The molecule has 206 valence electrons. The summed E-state index contributed by atoms with van der Waals surface area (Å²) in [5, 5.41) is 0.651. The Kier molecular flexibility index (Phi) is 7.90. The molecule has 7 nitrogen and oxygen atoms in total. The highest BCUT2D eigenvalue weighted by Crippen LogP contribution is 2.35. The monoisotopic (exact) mass is 639 g/mol. The summed E-state index contributed by atoms with van der Waals surface area (Å²) < 4.78 is 15.7. The number of benzene rings is 2. The predicted octanol–water partition coefficient (Wildman–Crippen LogP) is 5.63. The number of rotatable bonds is 6. The van der Waals surface area contributed by atoms with Crippen molar-refractivity contribution in [3.05, 3.63) is 111 Å². The van der Waals surface area contributed by atoms with Crippen LogP contribution in [0.15, 0.2) is 74.1 Å². The van der Waals surface area contributed by atoms with Crippen molar-refractivity contribution in [2.24, 2.45) is 4.99 Å². The number of hydrogen-bond donors (Lipinski definition) is 0. The number of aromatic nitrogens is 2. The van der Waals surface area contributed by atoms with Crippen LogP contribution in [0.4, 0.5) is 0 Å². The van der Waals surface area contributed by atoms with Gasteiger partial charge < -0.3 is 14.0 Å². The lowest BCUT2D eigenvalue weighted by atomic mass is 9.96. The molecule has 2 aromatic carbocycles. The van der Waals surface area contributed by atoms with Gasteiger partial charge in [0.05, 0.1) is 40.0 Å². The molecule has 0 saturated heterocycles. The average molecular weight is 641 g/mol. The fourth-order valence-corrected chi connectivity index (χ4v) is 6.83. The number of aryl methyl sites for hydroxylation is 1. The normalized spacial score (nSPS) is 15.2. The fourth-order valence-electron chi connectivity index (χ4n) is 5.05. The lowest BCUT2D eigenvalue weighted by Crippen LogP contribution is -2.40. The molecule has 4 aromatic rings. The number of hydrogen-bond acceptors (Lipinski definition) is 6. The molecule has 0 fully saturated rings. The Morgan fingerprint density at radius 1 is 1.18 bits per heavy atom. The van der Waals surface area contributed by atoms with E-state index in [0.29, 0.717) is 35.8 Å². The van der Waals surface area contributed by atoms with Crippen molar-refractivity contribution in [3.8, 4) is 11.4 Å². The Labute approximate surface area is 248 Å². The highest BCUT2D eigenvalue weighted by molar-refractivity contribution is 9.10. The first-order valence-corrected chi connectivity index (χ1v) is 14.6. The van der Waals surface area contributed by atoms with Gasteiger partial charge in [-0.3, -0.25) is 9.36 Å².